The summed E-state index contributed by atoms with van der Waals surface area (Å²) in [5, 5.41) is 12.2. The van der Waals surface area contributed by atoms with E-state index in [1.54, 1.807) is 18.3 Å². The summed E-state index contributed by atoms with van der Waals surface area (Å²) in [6.07, 6.45) is 0. The predicted molar refractivity (Wildman–Crippen MR) is 81.5 cm³/mol. The van der Waals surface area contributed by atoms with E-state index in [1.165, 1.54) is 0 Å². The molecule has 2 rings (SSSR count). The molecule has 5 heteroatoms. The first kappa shape index (κ1) is 14.1. The third kappa shape index (κ3) is 3.58. The number of rotatable bonds is 4. The SMILES string of the molecule is C/C(=N\O)c1cc(C)ccc1OCc1ccc(Br)s1. The van der Waals surface area contributed by atoms with Gasteiger partial charge in [-0.05, 0) is 54.0 Å². The topological polar surface area (TPSA) is 41.8 Å². The van der Waals surface area contributed by atoms with Gasteiger partial charge in [-0.2, -0.15) is 0 Å². The van der Waals surface area contributed by atoms with E-state index in [0.29, 0.717) is 12.3 Å². The summed E-state index contributed by atoms with van der Waals surface area (Å²) >= 11 is 5.07. The molecule has 19 heavy (non-hydrogen) atoms. The molecule has 0 atom stereocenters. The van der Waals surface area contributed by atoms with Gasteiger partial charge in [0.1, 0.15) is 12.4 Å². The van der Waals surface area contributed by atoms with Crippen LogP contribution in [0, 0.1) is 6.92 Å². The minimum absolute atomic E-state index is 0.505. The van der Waals surface area contributed by atoms with E-state index in [-0.39, 0.29) is 0 Å². The van der Waals surface area contributed by atoms with E-state index in [1.807, 2.05) is 37.3 Å². The van der Waals surface area contributed by atoms with E-state index >= 15 is 0 Å². The fourth-order valence-corrected chi connectivity index (χ4v) is 3.08. The number of ether oxygens (including phenoxy) is 1. The Morgan fingerprint density at radius 1 is 1.37 bits per heavy atom. The highest BCUT2D eigenvalue weighted by Crippen LogP contribution is 2.26. The number of hydrogen-bond donors (Lipinski definition) is 1. The van der Waals surface area contributed by atoms with Gasteiger partial charge in [0.05, 0.1) is 9.50 Å². The lowest BCUT2D eigenvalue weighted by molar-refractivity contribution is 0.306. The van der Waals surface area contributed by atoms with Crippen LogP contribution in [0.2, 0.25) is 0 Å². The standard InChI is InChI=1S/C14H14BrNO2S/c1-9-3-5-13(12(7-9)10(2)16-17)18-8-11-4-6-14(15)19-11/h3-7,17H,8H2,1-2H3/b16-10+. The summed E-state index contributed by atoms with van der Waals surface area (Å²) in [6, 6.07) is 9.86. The minimum atomic E-state index is 0.505. The Balaban J connectivity index is 2.20. The van der Waals surface area contributed by atoms with Gasteiger partial charge in [-0.3, -0.25) is 0 Å². The molecule has 0 unspecified atom stereocenters. The van der Waals surface area contributed by atoms with Crippen molar-refractivity contribution in [3.63, 3.8) is 0 Å². The number of halogens is 1. The van der Waals surface area contributed by atoms with Crippen LogP contribution in [-0.4, -0.2) is 10.9 Å². The first-order valence-corrected chi connectivity index (χ1v) is 7.38. The Labute approximate surface area is 124 Å². The summed E-state index contributed by atoms with van der Waals surface area (Å²) in [5.74, 6) is 0.727. The number of nitrogens with zero attached hydrogens (tertiary/aromatic N) is 1. The number of oxime groups is 1. The fraction of sp³-hybridized carbons (Fsp3) is 0.214. The van der Waals surface area contributed by atoms with Crippen LogP contribution < -0.4 is 4.74 Å². The average molecular weight is 340 g/mol. The average Bonchev–Trinajstić information content (AvgIpc) is 2.82. The molecule has 1 aromatic heterocycles. The molecule has 0 radical (unpaired) electrons. The maximum atomic E-state index is 8.92. The van der Waals surface area contributed by atoms with Gasteiger partial charge in [-0.1, -0.05) is 16.8 Å². The zero-order valence-electron chi connectivity index (χ0n) is 10.7. The lowest BCUT2D eigenvalue weighted by atomic mass is 10.1. The Bertz CT molecular complexity index is 607. The van der Waals surface area contributed by atoms with Gasteiger partial charge in [0, 0.05) is 10.4 Å². The summed E-state index contributed by atoms with van der Waals surface area (Å²) in [7, 11) is 0. The Hall–Kier alpha value is -1.33. The molecule has 0 aliphatic rings. The summed E-state index contributed by atoms with van der Waals surface area (Å²) in [6.45, 7) is 4.25. The molecule has 0 fully saturated rings. The van der Waals surface area contributed by atoms with Crippen molar-refractivity contribution in [2.45, 2.75) is 20.5 Å². The lowest BCUT2D eigenvalue weighted by Crippen LogP contribution is -2.02. The van der Waals surface area contributed by atoms with Gasteiger partial charge < -0.3 is 9.94 Å². The van der Waals surface area contributed by atoms with Crippen molar-refractivity contribution < 1.29 is 9.94 Å². The van der Waals surface area contributed by atoms with Gasteiger partial charge >= 0.3 is 0 Å². The largest absolute Gasteiger partial charge is 0.487 e. The fourth-order valence-electron chi connectivity index (χ4n) is 1.68. The van der Waals surface area contributed by atoms with Crippen molar-refractivity contribution in [1.82, 2.24) is 0 Å². The second-order valence-corrected chi connectivity index (χ2v) is 6.73. The molecule has 0 saturated heterocycles. The van der Waals surface area contributed by atoms with Crippen molar-refractivity contribution in [1.29, 1.82) is 0 Å². The monoisotopic (exact) mass is 339 g/mol. The third-order valence-electron chi connectivity index (χ3n) is 2.67. The molecule has 1 heterocycles. The van der Waals surface area contributed by atoms with E-state index in [9.17, 15) is 0 Å². The minimum Gasteiger partial charge on any atom is -0.487 e. The predicted octanol–water partition coefficient (Wildman–Crippen LogP) is 4.60. The molecule has 1 aromatic carbocycles. The first-order valence-electron chi connectivity index (χ1n) is 5.77. The van der Waals surface area contributed by atoms with Crippen LogP contribution >= 0.6 is 27.3 Å². The lowest BCUT2D eigenvalue weighted by Gasteiger charge is -2.11. The second-order valence-electron chi connectivity index (χ2n) is 4.18. The molecule has 0 aliphatic carbocycles. The van der Waals surface area contributed by atoms with E-state index in [2.05, 4.69) is 21.1 Å². The quantitative estimate of drug-likeness (QED) is 0.502. The Kier molecular flexibility index (Phi) is 4.61. The molecule has 100 valence electrons. The molecule has 0 spiro atoms. The Morgan fingerprint density at radius 3 is 2.79 bits per heavy atom. The van der Waals surface area contributed by atoms with Crippen molar-refractivity contribution in [3.05, 3.63) is 50.1 Å². The van der Waals surface area contributed by atoms with Crippen LogP contribution in [0.4, 0.5) is 0 Å². The van der Waals surface area contributed by atoms with Crippen LogP contribution in [0.5, 0.6) is 5.75 Å². The summed E-state index contributed by atoms with van der Waals surface area (Å²) < 4.78 is 6.90. The molecule has 1 N–H and O–H groups in total. The number of benzene rings is 1. The van der Waals surface area contributed by atoms with E-state index in [0.717, 1.165) is 25.5 Å². The molecule has 2 aromatic rings. The highest BCUT2D eigenvalue weighted by molar-refractivity contribution is 9.11. The normalized spacial score (nSPS) is 11.6. The zero-order chi connectivity index (χ0) is 13.8. The zero-order valence-corrected chi connectivity index (χ0v) is 13.1. The highest BCUT2D eigenvalue weighted by Gasteiger charge is 2.08. The maximum absolute atomic E-state index is 8.92. The van der Waals surface area contributed by atoms with Crippen LogP contribution in [0.3, 0.4) is 0 Å². The first-order chi connectivity index (χ1) is 9.10. The summed E-state index contributed by atoms with van der Waals surface area (Å²) in [5.41, 5.74) is 2.47. The van der Waals surface area contributed by atoms with Crippen LogP contribution in [0.25, 0.3) is 0 Å². The van der Waals surface area contributed by atoms with Crippen molar-refractivity contribution in [2.24, 2.45) is 5.16 Å². The van der Waals surface area contributed by atoms with E-state index in [4.69, 9.17) is 9.94 Å². The molecular formula is C14H14BrNO2S. The Morgan fingerprint density at radius 2 is 2.16 bits per heavy atom. The maximum Gasteiger partial charge on any atom is 0.129 e. The smallest absolute Gasteiger partial charge is 0.129 e. The molecule has 0 aliphatic heterocycles. The van der Waals surface area contributed by atoms with Gasteiger partial charge in [0.15, 0.2) is 0 Å². The number of thiophene rings is 1. The van der Waals surface area contributed by atoms with Crippen LogP contribution in [-0.2, 0) is 6.61 Å². The van der Waals surface area contributed by atoms with Crippen LogP contribution in [0.15, 0.2) is 39.3 Å². The molecule has 3 nitrogen and oxygen atoms in total. The molecular weight excluding hydrogens is 326 g/mol. The molecule has 0 bridgehead atoms. The van der Waals surface area contributed by atoms with Gasteiger partial charge in [-0.15, -0.1) is 11.3 Å². The molecule has 0 amide bonds. The van der Waals surface area contributed by atoms with Crippen molar-refractivity contribution >= 4 is 33.0 Å². The number of aryl methyl sites for hydroxylation is 1. The van der Waals surface area contributed by atoms with Crippen LogP contribution in [0.1, 0.15) is 22.9 Å². The van der Waals surface area contributed by atoms with Crippen molar-refractivity contribution in [3.8, 4) is 5.75 Å². The second kappa shape index (κ2) is 6.21. The molecule has 0 saturated carbocycles. The van der Waals surface area contributed by atoms with Gasteiger partial charge in [0.25, 0.3) is 0 Å². The highest BCUT2D eigenvalue weighted by atomic mass is 79.9. The number of hydrogen-bond acceptors (Lipinski definition) is 4. The van der Waals surface area contributed by atoms with E-state index < -0.39 is 0 Å². The van der Waals surface area contributed by atoms with Gasteiger partial charge in [0.2, 0.25) is 0 Å². The van der Waals surface area contributed by atoms with Crippen molar-refractivity contribution in [2.75, 3.05) is 0 Å². The third-order valence-corrected chi connectivity index (χ3v) is 4.27. The van der Waals surface area contributed by atoms with Gasteiger partial charge in [-0.25, -0.2) is 0 Å². The summed E-state index contributed by atoms with van der Waals surface area (Å²) in [4.78, 5) is 1.14.